The van der Waals surface area contributed by atoms with Crippen LogP contribution in [0.1, 0.15) is 71.1 Å². The van der Waals surface area contributed by atoms with E-state index in [4.69, 9.17) is 16.2 Å². The van der Waals surface area contributed by atoms with Crippen LogP contribution in [0.25, 0.3) is 0 Å². The lowest BCUT2D eigenvalue weighted by Gasteiger charge is -2.28. The minimum absolute atomic E-state index is 0.00813. The number of hydrogen-bond acceptors (Lipinski definition) is 3. The number of nitrogens with two attached hydrogens (primary N) is 2. The van der Waals surface area contributed by atoms with Crippen LogP contribution in [0.4, 0.5) is 0 Å². The molecule has 0 aromatic heterocycles. The van der Waals surface area contributed by atoms with E-state index >= 15 is 0 Å². The lowest BCUT2D eigenvalue weighted by atomic mass is 9.97. The van der Waals surface area contributed by atoms with Crippen LogP contribution in [-0.2, 0) is 4.74 Å². The summed E-state index contributed by atoms with van der Waals surface area (Å²) in [6.45, 7) is 2.22. The molecule has 1 rings (SSSR count). The van der Waals surface area contributed by atoms with E-state index in [9.17, 15) is 0 Å². The SMILES string of the molecule is CCCCCCC(N)C(N)OC1CCCCC1. The van der Waals surface area contributed by atoms with E-state index in [1.807, 2.05) is 0 Å². The summed E-state index contributed by atoms with van der Waals surface area (Å²) in [7, 11) is 0. The lowest BCUT2D eigenvalue weighted by molar-refractivity contribution is -0.0392. The van der Waals surface area contributed by atoms with Gasteiger partial charge in [0, 0.05) is 6.04 Å². The maximum absolute atomic E-state index is 6.07. The van der Waals surface area contributed by atoms with Gasteiger partial charge in [-0.1, -0.05) is 51.9 Å². The molecule has 4 N–H and O–H groups in total. The van der Waals surface area contributed by atoms with E-state index < -0.39 is 0 Å². The fourth-order valence-corrected chi connectivity index (χ4v) is 2.50. The van der Waals surface area contributed by atoms with E-state index in [0.717, 1.165) is 19.3 Å². The van der Waals surface area contributed by atoms with Crippen molar-refractivity contribution >= 4 is 0 Å². The second-order valence-electron chi connectivity index (χ2n) is 5.37. The molecule has 1 saturated carbocycles. The van der Waals surface area contributed by atoms with E-state index in [2.05, 4.69) is 6.92 Å². The third kappa shape index (κ3) is 6.39. The molecule has 3 nitrogen and oxygen atoms in total. The van der Waals surface area contributed by atoms with Crippen LogP contribution >= 0.6 is 0 Å². The van der Waals surface area contributed by atoms with E-state index in [1.165, 1.54) is 44.9 Å². The molecule has 17 heavy (non-hydrogen) atoms. The molecule has 0 aromatic rings. The Labute approximate surface area is 106 Å². The Hall–Kier alpha value is -0.120. The summed E-state index contributed by atoms with van der Waals surface area (Å²) in [6, 6.07) is 0.00813. The van der Waals surface area contributed by atoms with Crippen LogP contribution in [0.15, 0.2) is 0 Å². The van der Waals surface area contributed by atoms with Gasteiger partial charge >= 0.3 is 0 Å². The lowest BCUT2D eigenvalue weighted by Crippen LogP contribution is -2.45. The molecular weight excluding hydrogens is 212 g/mol. The Morgan fingerprint density at radius 2 is 1.76 bits per heavy atom. The van der Waals surface area contributed by atoms with Gasteiger partial charge in [-0.2, -0.15) is 0 Å². The predicted octanol–water partition coefficient (Wildman–Crippen LogP) is 2.92. The molecule has 0 aliphatic heterocycles. The highest BCUT2D eigenvalue weighted by Gasteiger charge is 2.20. The van der Waals surface area contributed by atoms with Crippen LogP contribution < -0.4 is 11.5 Å². The average molecular weight is 242 g/mol. The Bertz CT molecular complexity index is 181. The third-order valence-corrected chi connectivity index (χ3v) is 3.71. The number of ether oxygens (including phenoxy) is 1. The average Bonchev–Trinajstić information content (AvgIpc) is 2.35. The number of hydrogen-bond donors (Lipinski definition) is 2. The van der Waals surface area contributed by atoms with E-state index in [0.29, 0.717) is 6.10 Å². The maximum Gasteiger partial charge on any atom is 0.121 e. The van der Waals surface area contributed by atoms with Crippen molar-refractivity contribution in [2.24, 2.45) is 11.5 Å². The zero-order valence-electron chi connectivity index (χ0n) is 11.4. The zero-order valence-corrected chi connectivity index (χ0v) is 11.4. The molecule has 0 bridgehead atoms. The first kappa shape index (κ1) is 14.9. The molecule has 2 unspecified atom stereocenters. The monoisotopic (exact) mass is 242 g/mol. The molecule has 102 valence electrons. The Balaban J connectivity index is 2.10. The molecule has 0 heterocycles. The third-order valence-electron chi connectivity index (χ3n) is 3.71. The molecule has 3 heteroatoms. The van der Waals surface area contributed by atoms with Crippen LogP contribution in [0.3, 0.4) is 0 Å². The summed E-state index contributed by atoms with van der Waals surface area (Å²) in [5.74, 6) is 0. The Morgan fingerprint density at radius 3 is 2.41 bits per heavy atom. The highest BCUT2D eigenvalue weighted by molar-refractivity contribution is 4.72. The zero-order chi connectivity index (χ0) is 12.5. The quantitative estimate of drug-likeness (QED) is 0.508. The number of rotatable bonds is 8. The van der Waals surface area contributed by atoms with Gasteiger partial charge in [0.1, 0.15) is 6.23 Å². The molecule has 1 fully saturated rings. The van der Waals surface area contributed by atoms with Crippen LogP contribution in [0.2, 0.25) is 0 Å². The molecule has 0 spiro atoms. The molecule has 0 saturated heterocycles. The summed E-state index contributed by atoms with van der Waals surface area (Å²) in [5.41, 5.74) is 12.1. The summed E-state index contributed by atoms with van der Waals surface area (Å²) in [4.78, 5) is 0. The second-order valence-corrected chi connectivity index (χ2v) is 5.37. The minimum atomic E-state index is -0.264. The number of unbranched alkanes of at least 4 members (excludes halogenated alkanes) is 3. The van der Waals surface area contributed by atoms with Crippen molar-refractivity contribution in [3.63, 3.8) is 0 Å². The van der Waals surface area contributed by atoms with Gasteiger partial charge in [-0.3, -0.25) is 0 Å². The fraction of sp³-hybridized carbons (Fsp3) is 1.00. The van der Waals surface area contributed by atoms with Crippen molar-refractivity contribution in [3.8, 4) is 0 Å². The van der Waals surface area contributed by atoms with Crippen LogP contribution in [0.5, 0.6) is 0 Å². The van der Waals surface area contributed by atoms with Crippen molar-refractivity contribution in [2.45, 2.75) is 89.5 Å². The highest BCUT2D eigenvalue weighted by atomic mass is 16.5. The van der Waals surface area contributed by atoms with E-state index in [-0.39, 0.29) is 12.3 Å². The van der Waals surface area contributed by atoms with Crippen molar-refractivity contribution < 1.29 is 4.74 Å². The van der Waals surface area contributed by atoms with Gasteiger partial charge in [-0.05, 0) is 19.3 Å². The first-order valence-electron chi connectivity index (χ1n) is 7.40. The summed E-state index contributed by atoms with van der Waals surface area (Å²) < 4.78 is 5.86. The van der Waals surface area contributed by atoms with Gasteiger partial charge in [0.15, 0.2) is 0 Å². The molecule has 1 aliphatic rings. The first-order valence-corrected chi connectivity index (χ1v) is 7.40. The summed E-state index contributed by atoms with van der Waals surface area (Å²) >= 11 is 0. The van der Waals surface area contributed by atoms with Gasteiger partial charge in [-0.15, -0.1) is 0 Å². The molecule has 0 aromatic carbocycles. The fourth-order valence-electron chi connectivity index (χ4n) is 2.50. The minimum Gasteiger partial charge on any atom is -0.359 e. The maximum atomic E-state index is 6.07. The van der Waals surface area contributed by atoms with E-state index in [1.54, 1.807) is 0 Å². The van der Waals surface area contributed by atoms with Crippen molar-refractivity contribution in [3.05, 3.63) is 0 Å². The van der Waals surface area contributed by atoms with Gasteiger partial charge < -0.3 is 16.2 Å². The van der Waals surface area contributed by atoms with Crippen molar-refractivity contribution in [1.29, 1.82) is 0 Å². The first-order chi connectivity index (χ1) is 8.24. The topological polar surface area (TPSA) is 61.3 Å². The second kappa shape index (κ2) is 8.90. The molecule has 2 atom stereocenters. The largest absolute Gasteiger partial charge is 0.359 e. The summed E-state index contributed by atoms with van der Waals surface area (Å²) in [5, 5.41) is 0. The molecule has 1 aliphatic carbocycles. The molecular formula is C14H30N2O. The van der Waals surface area contributed by atoms with Crippen molar-refractivity contribution in [1.82, 2.24) is 0 Å². The summed E-state index contributed by atoms with van der Waals surface area (Å²) in [6.07, 6.45) is 12.3. The van der Waals surface area contributed by atoms with Gasteiger partial charge in [-0.25, -0.2) is 0 Å². The van der Waals surface area contributed by atoms with Gasteiger partial charge in [0.2, 0.25) is 0 Å². The van der Waals surface area contributed by atoms with Crippen LogP contribution in [-0.4, -0.2) is 18.4 Å². The molecule has 0 radical (unpaired) electrons. The normalized spacial score (nSPS) is 21.4. The van der Waals surface area contributed by atoms with Gasteiger partial charge in [0.05, 0.1) is 6.10 Å². The van der Waals surface area contributed by atoms with Crippen molar-refractivity contribution in [2.75, 3.05) is 0 Å². The van der Waals surface area contributed by atoms with Gasteiger partial charge in [0.25, 0.3) is 0 Å². The highest BCUT2D eigenvalue weighted by Crippen LogP contribution is 2.21. The standard InChI is InChI=1S/C14H30N2O/c1-2-3-4-8-11-13(15)14(16)17-12-9-6-5-7-10-12/h12-14H,2-11,15-16H2,1H3. The predicted molar refractivity (Wildman–Crippen MR) is 72.7 cm³/mol. The Kier molecular flexibility index (Phi) is 7.82. The van der Waals surface area contributed by atoms with Crippen LogP contribution in [0, 0.1) is 0 Å². The molecule has 0 amide bonds. The smallest absolute Gasteiger partial charge is 0.121 e. The Morgan fingerprint density at radius 1 is 1.06 bits per heavy atom.